The normalized spacial score (nSPS) is 11.0. The van der Waals surface area contributed by atoms with Gasteiger partial charge in [0.05, 0.1) is 17.2 Å². The minimum Gasteiger partial charge on any atom is -0.463 e. The third-order valence-corrected chi connectivity index (χ3v) is 2.04. The highest BCUT2D eigenvalue weighted by Crippen LogP contribution is 2.09. The highest BCUT2D eigenvalue weighted by molar-refractivity contribution is 5.85. The van der Waals surface area contributed by atoms with E-state index in [-0.39, 0.29) is 5.43 Å². The predicted molar refractivity (Wildman–Crippen MR) is 59.1 cm³/mol. The van der Waals surface area contributed by atoms with E-state index < -0.39 is 0 Å². The average molecular weight is 202 g/mol. The van der Waals surface area contributed by atoms with Gasteiger partial charge in [0.15, 0.2) is 0 Å². The maximum atomic E-state index is 11.9. The molecule has 0 aliphatic heterocycles. The summed E-state index contributed by atoms with van der Waals surface area (Å²) in [5, 5.41) is 4.34. The van der Waals surface area contributed by atoms with Crippen molar-refractivity contribution in [3.05, 3.63) is 46.3 Å². The van der Waals surface area contributed by atoms with E-state index in [2.05, 4.69) is 10.5 Å². The molecule has 15 heavy (non-hydrogen) atoms. The summed E-state index contributed by atoms with van der Waals surface area (Å²) in [4.78, 5) is 11.9. The molecule has 0 radical (unpaired) electrons. The topological polar surface area (TPSA) is 54.6 Å². The van der Waals surface area contributed by atoms with E-state index in [4.69, 9.17) is 4.42 Å². The van der Waals surface area contributed by atoms with Crippen molar-refractivity contribution in [3.8, 4) is 0 Å². The summed E-state index contributed by atoms with van der Waals surface area (Å²) in [5.74, 6) is 0. The first kappa shape index (κ1) is 9.45. The molecule has 0 saturated heterocycles. The van der Waals surface area contributed by atoms with Gasteiger partial charge >= 0.3 is 0 Å². The molecule has 2 rings (SSSR count). The van der Waals surface area contributed by atoms with Crippen LogP contribution < -0.4 is 10.9 Å². The first-order chi connectivity index (χ1) is 7.33. The lowest BCUT2D eigenvalue weighted by molar-refractivity contribution is 0.601. The number of para-hydroxylation sites is 1. The number of fused-ring (bicyclic) bond motifs is 1. The van der Waals surface area contributed by atoms with Crippen LogP contribution in [-0.4, -0.2) is 13.3 Å². The van der Waals surface area contributed by atoms with E-state index in [0.717, 1.165) is 0 Å². The van der Waals surface area contributed by atoms with Gasteiger partial charge in [-0.25, -0.2) is 0 Å². The third-order valence-electron chi connectivity index (χ3n) is 2.04. The van der Waals surface area contributed by atoms with Crippen LogP contribution in [0.3, 0.4) is 0 Å². The lowest BCUT2D eigenvalue weighted by Gasteiger charge is -1.96. The van der Waals surface area contributed by atoms with E-state index in [1.807, 2.05) is 6.07 Å². The second-order valence-electron chi connectivity index (χ2n) is 3.00. The lowest BCUT2D eigenvalue weighted by atomic mass is 10.2. The van der Waals surface area contributed by atoms with Crippen molar-refractivity contribution in [2.75, 3.05) is 7.05 Å². The highest BCUT2D eigenvalue weighted by atomic mass is 16.3. The molecule has 1 N–H and O–H groups in total. The van der Waals surface area contributed by atoms with Gasteiger partial charge in [-0.05, 0) is 12.1 Å². The van der Waals surface area contributed by atoms with Gasteiger partial charge in [-0.3, -0.25) is 4.79 Å². The fraction of sp³-hybridized carbons (Fsp3) is 0.0909. The summed E-state index contributed by atoms with van der Waals surface area (Å²) in [6.45, 7) is 0. The van der Waals surface area contributed by atoms with Crippen molar-refractivity contribution in [2.24, 2.45) is 5.10 Å². The summed E-state index contributed by atoms with van der Waals surface area (Å²) in [6, 6.07) is 7.12. The molecule has 0 saturated carbocycles. The minimum atomic E-state index is -0.0733. The number of benzene rings is 1. The number of hydrazone groups is 1. The molecular formula is C11H10N2O2. The molecule has 0 spiro atoms. The molecule has 2 aromatic rings. The van der Waals surface area contributed by atoms with Crippen LogP contribution in [0.4, 0.5) is 0 Å². The van der Waals surface area contributed by atoms with E-state index in [0.29, 0.717) is 16.5 Å². The molecular weight excluding hydrogens is 192 g/mol. The Bertz CT molecular complexity index is 558. The number of hydrogen-bond donors (Lipinski definition) is 1. The van der Waals surface area contributed by atoms with E-state index in [1.165, 1.54) is 12.5 Å². The predicted octanol–water partition coefficient (Wildman–Crippen LogP) is 1.35. The number of rotatable bonds is 2. The Morgan fingerprint density at radius 1 is 1.40 bits per heavy atom. The molecule has 0 aliphatic rings. The molecule has 0 unspecified atom stereocenters. The van der Waals surface area contributed by atoms with Gasteiger partial charge in [-0.2, -0.15) is 5.10 Å². The van der Waals surface area contributed by atoms with Crippen LogP contribution in [0.25, 0.3) is 11.0 Å². The van der Waals surface area contributed by atoms with Crippen molar-refractivity contribution in [1.29, 1.82) is 0 Å². The van der Waals surface area contributed by atoms with Crippen LogP contribution >= 0.6 is 0 Å². The highest BCUT2D eigenvalue weighted by Gasteiger charge is 2.03. The van der Waals surface area contributed by atoms with Crippen molar-refractivity contribution in [3.63, 3.8) is 0 Å². The maximum absolute atomic E-state index is 11.9. The van der Waals surface area contributed by atoms with Crippen LogP contribution in [0.15, 0.2) is 44.8 Å². The standard InChI is InChI=1S/C11H10N2O2/c1-12-13-6-8-7-15-10-5-3-2-4-9(10)11(8)14/h2-7,12H,1H3. The summed E-state index contributed by atoms with van der Waals surface area (Å²) >= 11 is 0. The van der Waals surface area contributed by atoms with E-state index in [1.54, 1.807) is 25.2 Å². The van der Waals surface area contributed by atoms with Crippen LogP contribution in [0, 0.1) is 0 Å². The van der Waals surface area contributed by atoms with Crippen LogP contribution in [0.2, 0.25) is 0 Å². The molecule has 1 aromatic heterocycles. The second kappa shape index (κ2) is 3.96. The Morgan fingerprint density at radius 3 is 3.00 bits per heavy atom. The van der Waals surface area contributed by atoms with E-state index in [9.17, 15) is 4.79 Å². The van der Waals surface area contributed by atoms with E-state index >= 15 is 0 Å². The van der Waals surface area contributed by atoms with Gasteiger partial charge in [-0.15, -0.1) is 0 Å². The molecule has 0 fully saturated rings. The van der Waals surface area contributed by atoms with Crippen molar-refractivity contribution >= 4 is 17.2 Å². The molecule has 0 amide bonds. The maximum Gasteiger partial charge on any atom is 0.201 e. The van der Waals surface area contributed by atoms with Gasteiger partial charge in [0.1, 0.15) is 11.8 Å². The Hall–Kier alpha value is -2.10. The van der Waals surface area contributed by atoms with Crippen LogP contribution in [0.1, 0.15) is 5.56 Å². The number of hydrogen-bond acceptors (Lipinski definition) is 4. The molecule has 76 valence electrons. The third kappa shape index (κ3) is 1.74. The monoisotopic (exact) mass is 202 g/mol. The van der Waals surface area contributed by atoms with Crippen LogP contribution in [-0.2, 0) is 0 Å². The van der Waals surface area contributed by atoms with Crippen molar-refractivity contribution in [2.45, 2.75) is 0 Å². The first-order valence-corrected chi connectivity index (χ1v) is 4.53. The molecule has 1 aromatic carbocycles. The average Bonchev–Trinajstić information content (AvgIpc) is 2.29. The number of nitrogens with one attached hydrogen (secondary N) is 1. The fourth-order valence-electron chi connectivity index (χ4n) is 1.32. The zero-order valence-corrected chi connectivity index (χ0v) is 8.23. The van der Waals surface area contributed by atoms with Crippen LogP contribution in [0.5, 0.6) is 0 Å². The van der Waals surface area contributed by atoms with Crippen molar-refractivity contribution in [1.82, 2.24) is 5.43 Å². The molecule has 4 nitrogen and oxygen atoms in total. The lowest BCUT2D eigenvalue weighted by Crippen LogP contribution is -2.09. The summed E-state index contributed by atoms with van der Waals surface area (Å²) in [5.41, 5.74) is 3.53. The molecule has 0 bridgehead atoms. The Kier molecular flexibility index (Phi) is 2.49. The SMILES string of the molecule is CNN=Cc1coc2ccccc2c1=O. The summed E-state index contributed by atoms with van der Waals surface area (Å²) in [6.07, 6.45) is 2.85. The number of nitrogens with zero attached hydrogens (tertiary/aromatic N) is 1. The van der Waals surface area contributed by atoms with Gasteiger partial charge in [-0.1, -0.05) is 12.1 Å². The molecule has 4 heteroatoms. The van der Waals surface area contributed by atoms with Gasteiger partial charge < -0.3 is 9.84 Å². The van der Waals surface area contributed by atoms with Gasteiger partial charge in [0.2, 0.25) is 5.43 Å². The van der Waals surface area contributed by atoms with Gasteiger partial charge in [0, 0.05) is 7.05 Å². The largest absolute Gasteiger partial charge is 0.463 e. The Balaban J connectivity index is 2.65. The molecule has 1 heterocycles. The van der Waals surface area contributed by atoms with Gasteiger partial charge in [0.25, 0.3) is 0 Å². The summed E-state index contributed by atoms with van der Waals surface area (Å²) < 4.78 is 5.30. The van der Waals surface area contributed by atoms with Crippen molar-refractivity contribution < 1.29 is 4.42 Å². The molecule has 0 aliphatic carbocycles. The quantitative estimate of drug-likeness (QED) is 0.590. The Labute approximate surface area is 86.2 Å². The summed E-state index contributed by atoms with van der Waals surface area (Å²) in [7, 11) is 1.67. The zero-order chi connectivity index (χ0) is 10.7. The fourth-order valence-corrected chi connectivity index (χ4v) is 1.32. The Morgan fingerprint density at radius 2 is 2.20 bits per heavy atom. The molecule has 0 atom stereocenters. The zero-order valence-electron chi connectivity index (χ0n) is 8.23. The smallest absolute Gasteiger partial charge is 0.201 e. The minimum absolute atomic E-state index is 0.0733. The first-order valence-electron chi connectivity index (χ1n) is 4.53. The second-order valence-corrected chi connectivity index (χ2v) is 3.00.